The zero-order valence-electron chi connectivity index (χ0n) is 91.2. The number of rotatable bonds is 53. The van der Waals surface area contributed by atoms with Crippen molar-refractivity contribution in [3.05, 3.63) is 281 Å². The topological polar surface area (TPSA) is 243 Å². The molecule has 12 heteroatoms. The predicted molar refractivity (Wildman–Crippen MR) is 595 cm³/mol. The highest BCUT2D eigenvalue weighted by molar-refractivity contribution is 5.55. The van der Waals surface area contributed by atoms with Crippen molar-refractivity contribution in [2.75, 3.05) is 0 Å². The molecular formula is C125H196O12. The maximum Gasteiger partial charge on any atom is 0.126 e. The van der Waals surface area contributed by atoms with Crippen LogP contribution < -0.4 is 0 Å². The third kappa shape index (κ3) is 67.4. The van der Waals surface area contributed by atoms with Crippen molar-refractivity contribution in [2.45, 2.75) is 442 Å². The summed E-state index contributed by atoms with van der Waals surface area (Å²) in [5, 5.41) is 120. The molecule has 0 radical (unpaired) electrons. The Bertz CT molecular complexity index is 4420. The zero-order valence-corrected chi connectivity index (χ0v) is 91.2. The highest BCUT2D eigenvalue weighted by Gasteiger charge is 2.19. The summed E-state index contributed by atoms with van der Waals surface area (Å²) in [6.45, 7) is 61.6. The molecule has 0 aliphatic heterocycles. The standard InChI is InChI=1S/C31H48O2.3C21H32O2.C11H16O2.2C10H18O/c1-8-9-10-17-27-22-30(32)29(21-19-26(7)16-12-14-24(4)5)31(33)28(27)20-18-25(6)15-11-13-23(2)3;1-5-6-7-11-18-14-19(22)15-21(23)20(18)13-12-17(4)10-8-9-16(2)3;2*1-5-6-7-11-18-14-20(22)19(21(23)15-18)13-12-17(4)10-8-9-16(2)3;1-2-3-4-5-9-6-10(12)8-11(13)7-9;2*1-5-10(4,11)8-6-7-9(2)3/h13-14,18-19,22,32-33H,8-12,15-17,20-21H2,1-7H3;3*9,12,14-15,22-23H,5-8,10-11,13H2,1-4H3;6-8,12-13H,2-5H2,1H3;2*5,7,11H,1,6,8H2,2-4H3/b25-18+,26-19+;3*17-12+;;;. The summed E-state index contributed by atoms with van der Waals surface area (Å²) in [6.07, 6.45) is 68.1. The summed E-state index contributed by atoms with van der Waals surface area (Å²) in [5.41, 5.74) is 23.5. The molecule has 0 spiro atoms. The van der Waals surface area contributed by atoms with Crippen molar-refractivity contribution < 1.29 is 61.3 Å². The number of allylic oxidation sites excluding steroid dienone is 24. The number of aromatic hydroxyl groups is 10. The summed E-state index contributed by atoms with van der Waals surface area (Å²) in [6, 6.07) is 17.1. The maximum atomic E-state index is 11.2. The second-order valence-corrected chi connectivity index (χ2v) is 40.0. The molecule has 0 heterocycles. The van der Waals surface area contributed by atoms with Gasteiger partial charge in [-0.05, 0) is 408 Å². The first-order chi connectivity index (χ1) is 64.6. The van der Waals surface area contributed by atoms with E-state index in [9.17, 15) is 61.3 Å². The second-order valence-electron chi connectivity index (χ2n) is 40.0. The minimum atomic E-state index is -0.702. The van der Waals surface area contributed by atoms with E-state index in [4.69, 9.17) is 0 Å². The summed E-state index contributed by atoms with van der Waals surface area (Å²) >= 11 is 0. The molecule has 0 amide bonds. The van der Waals surface area contributed by atoms with Gasteiger partial charge < -0.3 is 61.3 Å². The SMILES string of the molecule is C=CC(C)(O)CCC=C(C)C.C=CC(C)(O)CCC=C(C)C.CCCCCc1cc(O)c(C/C=C(\C)CCC=C(C)C)c(O)c1.CCCCCc1cc(O)c(C/C=C(\C)CCC=C(C)C)c(O)c1.CCCCCc1cc(O)c(C/C=C(\C)CCC=C(C)C)c(O)c1C/C=C(\C)CCC=C(C)C.CCCCCc1cc(O)cc(O)c1.CCCCCc1cc(O)cc(O)c1C/C=C(\C)CCC=C(C)C. The van der Waals surface area contributed by atoms with Crippen LogP contribution in [0.1, 0.15) is 422 Å². The lowest BCUT2D eigenvalue weighted by atomic mass is 9.92. The fraction of sp³-hybridized carbons (Fsp3) is 0.536. The van der Waals surface area contributed by atoms with Gasteiger partial charge in [-0.1, -0.05) is 251 Å². The Balaban J connectivity index is 0. The average molecular weight is 1890 g/mol. The van der Waals surface area contributed by atoms with Gasteiger partial charge in [-0.25, -0.2) is 0 Å². The molecule has 0 fully saturated rings. The molecule has 5 aromatic carbocycles. The van der Waals surface area contributed by atoms with Crippen LogP contribution in [0.3, 0.4) is 0 Å². The van der Waals surface area contributed by atoms with Gasteiger partial charge in [0.25, 0.3) is 0 Å². The average Bonchev–Trinajstić information content (AvgIpc) is 0.801. The fourth-order valence-electron chi connectivity index (χ4n) is 14.7. The molecule has 0 aliphatic carbocycles. The largest absolute Gasteiger partial charge is 0.508 e. The van der Waals surface area contributed by atoms with E-state index in [2.05, 4.69) is 252 Å². The Morgan fingerprint density at radius 1 is 0.248 bits per heavy atom. The highest BCUT2D eigenvalue weighted by Crippen LogP contribution is 2.39. The quantitative estimate of drug-likeness (QED) is 0.0129. The van der Waals surface area contributed by atoms with Crippen molar-refractivity contribution >= 4 is 0 Å². The molecule has 0 aliphatic rings. The smallest absolute Gasteiger partial charge is 0.126 e. The zero-order chi connectivity index (χ0) is 104. The Morgan fingerprint density at radius 2 is 0.474 bits per heavy atom. The minimum Gasteiger partial charge on any atom is -0.508 e. The van der Waals surface area contributed by atoms with Crippen molar-refractivity contribution in [1.82, 2.24) is 0 Å². The number of benzene rings is 5. The van der Waals surface area contributed by atoms with Crippen molar-refractivity contribution in [3.8, 4) is 57.5 Å². The molecule has 0 saturated heterocycles. The van der Waals surface area contributed by atoms with E-state index in [1.807, 2.05) is 6.07 Å². The van der Waals surface area contributed by atoms with E-state index in [0.29, 0.717) is 42.4 Å². The van der Waals surface area contributed by atoms with Gasteiger partial charge in [0.2, 0.25) is 0 Å². The van der Waals surface area contributed by atoms with Crippen molar-refractivity contribution in [2.24, 2.45) is 0 Å². The summed E-state index contributed by atoms with van der Waals surface area (Å²) in [4.78, 5) is 0. The third-order valence-corrected chi connectivity index (χ3v) is 23.7. The van der Waals surface area contributed by atoms with Gasteiger partial charge in [0, 0.05) is 39.9 Å². The van der Waals surface area contributed by atoms with Crippen LogP contribution in [0.15, 0.2) is 226 Å². The van der Waals surface area contributed by atoms with Gasteiger partial charge in [0.1, 0.15) is 57.5 Å². The van der Waals surface area contributed by atoms with Crippen LogP contribution in [-0.2, 0) is 64.2 Å². The van der Waals surface area contributed by atoms with Crippen LogP contribution in [0.25, 0.3) is 0 Å². The Kier molecular flexibility index (Phi) is 72.1. The molecule has 2 atom stereocenters. The van der Waals surface area contributed by atoms with E-state index in [-0.39, 0.29) is 57.5 Å². The van der Waals surface area contributed by atoms with Gasteiger partial charge in [-0.2, -0.15) is 0 Å². The molecule has 12 nitrogen and oxygen atoms in total. The van der Waals surface area contributed by atoms with Crippen LogP contribution in [0.5, 0.6) is 57.5 Å². The molecule has 0 bridgehead atoms. The van der Waals surface area contributed by atoms with Crippen LogP contribution in [-0.4, -0.2) is 72.5 Å². The Hall–Kier alpha value is -9.62. The van der Waals surface area contributed by atoms with E-state index >= 15 is 0 Å². The van der Waals surface area contributed by atoms with E-state index in [1.165, 1.54) is 130 Å². The van der Waals surface area contributed by atoms with Crippen LogP contribution in [0.2, 0.25) is 0 Å². The molecule has 5 rings (SSSR count). The molecule has 0 aromatic heterocycles. The lowest BCUT2D eigenvalue weighted by molar-refractivity contribution is 0.103. The normalized spacial score (nSPS) is 12.2. The summed E-state index contributed by atoms with van der Waals surface area (Å²) < 4.78 is 0. The monoisotopic (exact) mass is 1890 g/mol. The van der Waals surface area contributed by atoms with E-state index < -0.39 is 11.2 Å². The van der Waals surface area contributed by atoms with Gasteiger partial charge in [0.05, 0.1) is 11.2 Å². The molecule has 12 N–H and O–H groups in total. The Morgan fingerprint density at radius 3 is 0.752 bits per heavy atom. The molecule has 137 heavy (non-hydrogen) atoms. The van der Waals surface area contributed by atoms with Crippen LogP contribution >= 0.6 is 0 Å². The summed E-state index contributed by atoms with van der Waals surface area (Å²) in [7, 11) is 0. The Labute approximate surface area is 836 Å². The lowest BCUT2D eigenvalue weighted by Gasteiger charge is -2.16. The number of hydrogen-bond donors (Lipinski definition) is 12. The number of aryl methyl sites for hydroxylation is 5. The molecule has 2 unspecified atom stereocenters. The van der Waals surface area contributed by atoms with E-state index in [1.54, 1.807) is 68.5 Å². The first-order valence-corrected chi connectivity index (χ1v) is 51.8. The molecular weight excluding hydrogens is 1690 g/mol. The molecule has 768 valence electrons. The highest BCUT2D eigenvalue weighted by atomic mass is 16.3. The van der Waals surface area contributed by atoms with Gasteiger partial charge >= 0.3 is 0 Å². The number of phenolic OH excluding ortho intramolecular Hbond substituents is 10. The van der Waals surface area contributed by atoms with Gasteiger partial charge in [-0.3, -0.25) is 0 Å². The second kappa shape index (κ2) is 76.3. The van der Waals surface area contributed by atoms with Crippen molar-refractivity contribution in [3.63, 3.8) is 0 Å². The number of aliphatic hydroxyl groups is 2. The first-order valence-electron chi connectivity index (χ1n) is 51.8. The summed E-state index contributed by atoms with van der Waals surface area (Å²) in [5.74, 6) is 2.01. The van der Waals surface area contributed by atoms with Crippen LogP contribution in [0, 0.1) is 0 Å². The van der Waals surface area contributed by atoms with Gasteiger partial charge in [0.15, 0.2) is 0 Å². The maximum absolute atomic E-state index is 11.2. The number of phenols is 10. The molecule has 0 saturated carbocycles. The van der Waals surface area contributed by atoms with Crippen LogP contribution in [0.4, 0.5) is 0 Å². The fourth-order valence-corrected chi connectivity index (χ4v) is 14.7. The van der Waals surface area contributed by atoms with Crippen molar-refractivity contribution in [1.29, 1.82) is 0 Å². The first kappa shape index (κ1) is 129. The number of hydrogen-bond acceptors (Lipinski definition) is 12. The van der Waals surface area contributed by atoms with Gasteiger partial charge in [-0.15, -0.1) is 13.2 Å². The van der Waals surface area contributed by atoms with E-state index in [0.717, 1.165) is 212 Å². The number of unbranched alkanes of at least 4 members (excludes halogenated alkanes) is 10. The molecule has 5 aromatic rings. The minimum absolute atomic E-state index is 0.145. The lowest BCUT2D eigenvalue weighted by Crippen LogP contribution is -2.19. The third-order valence-electron chi connectivity index (χ3n) is 23.7. The predicted octanol–water partition coefficient (Wildman–Crippen LogP) is 35.7.